The Morgan fingerprint density at radius 3 is 2.56 bits per heavy atom. The third kappa shape index (κ3) is 4.48. The number of carbonyl (C=O) groups is 1. The van der Waals surface area contributed by atoms with E-state index in [1.165, 1.54) is 23.5 Å². The first-order valence-electron chi connectivity index (χ1n) is 11.6. The number of halogens is 1. The Morgan fingerprint density at radius 2 is 1.86 bits per heavy atom. The molecule has 2 fully saturated rings. The molecule has 9 nitrogen and oxygen atoms in total. The normalized spacial score (nSPS) is 16.1. The highest BCUT2D eigenvalue weighted by molar-refractivity contribution is 7.13. The van der Waals surface area contributed by atoms with Crippen molar-refractivity contribution < 1.29 is 18.7 Å². The van der Waals surface area contributed by atoms with Crippen molar-refractivity contribution in [1.29, 1.82) is 0 Å². The number of amides is 1. The third-order valence-electron chi connectivity index (χ3n) is 6.23. The lowest BCUT2D eigenvalue weighted by molar-refractivity contribution is -0.0226. The SMILES string of the molecule is O=C(Nc1ccc(N2CCOCC2)cn1)c1csc(-c2c(-c3ccc(F)cc3)ncn2C2COC2)n1. The van der Waals surface area contributed by atoms with Gasteiger partial charge in [0, 0.05) is 24.0 Å². The predicted octanol–water partition coefficient (Wildman–Crippen LogP) is 3.87. The van der Waals surface area contributed by atoms with E-state index in [-0.39, 0.29) is 23.5 Å². The maximum atomic E-state index is 13.5. The molecule has 0 spiro atoms. The standard InChI is InChI=1S/C25H23FN6O3S/c26-17-3-1-16(2-4-17)22-23(32(15-28-22)19-12-35-13-19)25-29-20(14-36-25)24(33)30-21-6-5-18(11-27-21)31-7-9-34-10-8-31/h1-6,11,14-15,19H,7-10,12-13H2,(H,27,30,33). The van der Waals surface area contributed by atoms with E-state index < -0.39 is 0 Å². The third-order valence-corrected chi connectivity index (χ3v) is 7.08. The summed E-state index contributed by atoms with van der Waals surface area (Å²) in [6.45, 7) is 4.19. The van der Waals surface area contributed by atoms with Gasteiger partial charge in [-0.2, -0.15) is 0 Å². The van der Waals surface area contributed by atoms with Gasteiger partial charge in [-0.1, -0.05) is 0 Å². The number of nitrogens with one attached hydrogen (secondary N) is 1. The van der Waals surface area contributed by atoms with E-state index in [0.29, 0.717) is 42.9 Å². The van der Waals surface area contributed by atoms with E-state index in [1.54, 1.807) is 36.1 Å². The van der Waals surface area contributed by atoms with Gasteiger partial charge in [-0.3, -0.25) is 4.79 Å². The number of pyridine rings is 1. The van der Waals surface area contributed by atoms with Crippen LogP contribution < -0.4 is 10.2 Å². The number of ether oxygens (including phenoxy) is 2. The highest BCUT2D eigenvalue weighted by Crippen LogP contribution is 2.36. The van der Waals surface area contributed by atoms with Crippen LogP contribution in [0.3, 0.4) is 0 Å². The van der Waals surface area contributed by atoms with Crippen molar-refractivity contribution in [2.75, 3.05) is 49.7 Å². The minimum atomic E-state index is -0.342. The van der Waals surface area contributed by atoms with Crippen molar-refractivity contribution in [2.45, 2.75) is 6.04 Å². The number of benzene rings is 1. The van der Waals surface area contributed by atoms with Gasteiger partial charge in [-0.25, -0.2) is 19.3 Å². The summed E-state index contributed by atoms with van der Waals surface area (Å²) in [5.41, 5.74) is 3.53. The van der Waals surface area contributed by atoms with Gasteiger partial charge < -0.3 is 24.3 Å². The minimum Gasteiger partial charge on any atom is -0.378 e. The molecule has 0 unspecified atom stereocenters. The van der Waals surface area contributed by atoms with Gasteiger partial charge in [0.2, 0.25) is 0 Å². The number of anilines is 2. The van der Waals surface area contributed by atoms with Gasteiger partial charge in [0.25, 0.3) is 5.91 Å². The summed E-state index contributed by atoms with van der Waals surface area (Å²) < 4.78 is 26.3. The van der Waals surface area contributed by atoms with Crippen LogP contribution in [0.4, 0.5) is 15.9 Å². The molecule has 0 saturated carbocycles. The summed E-state index contributed by atoms with van der Waals surface area (Å²) >= 11 is 1.36. The van der Waals surface area contributed by atoms with Crippen molar-refractivity contribution >= 4 is 28.7 Å². The van der Waals surface area contributed by atoms with Crippen LogP contribution in [0.5, 0.6) is 0 Å². The first-order valence-corrected chi connectivity index (χ1v) is 12.5. The quantitative estimate of drug-likeness (QED) is 0.424. The van der Waals surface area contributed by atoms with Crippen LogP contribution in [0.25, 0.3) is 22.0 Å². The summed E-state index contributed by atoms with van der Waals surface area (Å²) in [7, 11) is 0. The highest BCUT2D eigenvalue weighted by Gasteiger charge is 2.28. The average molecular weight is 507 g/mol. The Labute approximate surface area is 210 Å². The summed E-state index contributed by atoms with van der Waals surface area (Å²) in [4.78, 5) is 28.8. The maximum Gasteiger partial charge on any atom is 0.276 e. The zero-order chi connectivity index (χ0) is 24.5. The second-order valence-electron chi connectivity index (χ2n) is 8.54. The van der Waals surface area contributed by atoms with Crippen LogP contribution in [0, 0.1) is 5.82 Å². The zero-order valence-electron chi connectivity index (χ0n) is 19.3. The topological polar surface area (TPSA) is 94.4 Å². The molecule has 2 saturated heterocycles. The molecule has 2 aliphatic heterocycles. The van der Waals surface area contributed by atoms with Crippen LogP contribution in [-0.2, 0) is 9.47 Å². The van der Waals surface area contributed by atoms with E-state index >= 15 is 0 Å². The lowest BCUT2D eigenvalue weighted by Crippen LogP contribution is -2.36. The number of morpholine rings is 1. The van der Waals surface area contributed by atoms with Gasteiger partial charge in [-0.15, -0.1) is 11.3 Å². The van der Waals surface area contributed by atoms with Crippen LogP contribution >= 0.6 is 11.3 Å². The smallest absolute Gasteiger partial charge is 0.276 e. The average Bonchev–Trinajstić information content (AvgIpc) is 3.52. The van der Waals surface area contributed by atoms with Crippen LogP contribution in [0.2, 0.25) is 0 Å². The molecule has 0 atom stereocenters. The monoisotopic (exact) mass is 506 g/mol. The molecular weight excluding hydrogens is 483 g/mol. The van der Waals surface area contributed by atoms with Gasteiger partial charge in [0.1, 0.15) is 28.0 Å². The van der Waals surface area contributed by atoms with Crippen molar-refractivity contribution in [2.24, 2.45) is 0 Å². The molecule has 5 heterocycles. The van der Waals surface area contributed by atoms with Crippen molar-refractivity contribution in [3.63, 3.8) is 0 Å². The van der Waals surface area contributed by atoms with Gasteiger partial charge >= 0.3 is 0 Å². The number of rotatable bonds is 6. The lowest BCUT2D eigenvalue weighted by Gasteiger charge is -2.28. The Balaban J connectivity index is 1.23. The van der Waals surface area contributed by atoms with Crippen molar-refractivity contribution in [3.8, 4) is 22.0 Å². The zero-order valence-corrected chi connectivity index (χ0v) is 20.1. The van der Waals surface area contributed by atoms with Gasteiger partial charge in [-0.05, 0) is 36.4 Å². The summed E-state index contributed by atoms with van der Waals surface area (Å²) in [6.07, 6.45) is 3.50. The molecule has 2 aliphatic rings. The molecule has 3 aromatic heterocycles. The number of imidazole rings is 1. The number of carbonyl (C=O) groups excluding carboxylic acids is 1. The Morgan fingerprint density at radius 1 is 1.06 bits per heavy atom. The molecule has 4 aromatic rings. The Bertz CT molecular complexity index is 1360. The van der Waals surface area contributed by atoms with E-state index in [0.717, 1.165) is 30.0 Å². The Hall–Kier alpha value is -3.67. The van der Waals surface area contributed by atoms with Gasteiger partial charge in [0.15, 0.2) is 0 Å². The van der Waals surface area contributed by atoms with Crippen molar-refractivity contribution in [1.82, 2.24) is 19.5 Å². The summed E-state index contributed by atoms with van der Waals surface area (Å²) in [6, 6.07) is 10.1. The Kier molecular flexibility index (Phi) is 6.18. The predicted molar refractivity (Wildman–Crippen MR) is 134 cm³/mol. The second-order valence-corrected chi connectivity index (χ2v) is 9.40. The van der Waals surface area contributed by atoms with E-state index in [1.807, 2.05) is 10.6 Å². The molecule has 0 aliphatic carbocycles. The molecule has 1 amide bonds. The molecule has 1 aromatic carbocycles. The molecule has 0 bridgehead atoms. The minimum absolute atomic E-state index is 0.136. The molecule has 184 valence electrons. The highest BCUT2D eigenvalue weighted by atomic mass is 32.1. The molecule has 11 heteroatoms. The fourth-order valence-corrected chi connectivity index (χ4v) is 5.04. The molecular formula is C25H23FN6O3S. The van der Waals surface area contributed by atoms with Crippen molar-refractivity contribution in [3.05, 3.63) is 65.8 Å². The summed E-state index contributed by atoms with van der Waals surface area (Å²) in [5.74, 6) is -0.201. The molecule has 1 N–H and O–H groups in total. The fourth-order valence-electron chi connectivity index (χ4n) is 4.19. The van der Waals surface area contributed by atoms with Crippen LogP contribution in [0.1, 0.15) is 16.5 Å². The number of thiazole rings is 1. The largest absolute Gasteiger partial charge is 0.378 e. The summed E-state index contributed by atoms with van der Waals surface area (Å²) in [5, 5.41) is 5.20. The van der Waals surface area contributed by atoms with Crippen LogP contribution in [0.15, 0.2) is 54.3 Å². The molecule has 0 radical (unpaired) electrons. The first-order chi connectivity index (χ1) is 17.7. The number of hydrogen-bond donors (Lipinski definition) is 1. The van der Waals surface area contributed by atoms with E-state index in [2.05, 4.69) is 25.2 Å². The second kappa shape index (κ2) is 9.76. The number of hydrogen-bond acceptors (Lipinski definition) is 8. The number of nitrogens with zero attached hydrogens (tertiary/aromatic N) is 5. The maximum absolute atomic E-state index is 13.5. The van der Waals surface area contributed by atoms with E-state index in [4.69, 9.17) is 9.47 Å². The molecule has 36 heavy (non-hydrogen) atoms. The van der Waals surface area contributed by atoms with Gasteiger partial charge in [0.05, 0.1) is 56.4 Å². The number of aromatic nitrogens is 4. The molecule has 6 rings (SSSR count). The van der Waals surface area contributed by atoms with E-state index in [9.17, 15) is 9.18 Å². The first kappa shape index (κ1) is 22.8. The lowest BCUT2D eigenvalue weighted by atomic mass is 10.1. The fraction of sp³-hybridized carbons (Fsp3) is 0.280. The van der Waals surface area contributed by atoms with Crippen LogP contribution in [-0.4, -0.2) is 64.9 Å².